The van der Waals surface area contributed by atoms with Gasteiger partial charge in [-0.1, -0.05) is 19.3 Å². The van der Waals surface area contributed by atoms with Crippen LogP contribution < -0.4 is 16.0 Å². The minimum Gasteiger partial charge on any atom is -0.318 e. The van der Waals surface area contributed by atoms with E-state index in [0.717, 1.165) is 38.2 Å². The Balaban J connectivity index is 2.25. The molecule has 0 aromatic heterocycles. The third-order valence-corrected chi connectivity index (χ3v) is 5.08. The maximum Gasteiger partial charge on any atom is 0.293 e. The summed E-state index contributed by atoms with van der Waals surface area (Å²) in [6.07, 6.45) is 4.76. The number of nitro benzene ring substituents is 1. The summed E-state index contributed by atoms with van der Waals surface area (Å²) in [6, 6.07) is 3.44. The van der Waals surface area contributed by atoms with Gasteiger partial charge in [0.15, 0.2) is 0 Å². The first-order valence-corrected chi connectivity index (χ1v) is 8.20. The van der Waals surface area contributed by atoms with Crippen molar-refractivity contribution in [2.45, 2.75) is 43.0 Å². The maximum absolute atomic E-state index is 12.3. The van der Waals surface area contributed by atoms with Crippen LogP contribution in [0, 0.1) is 10.1 Å². The summed E-state index contributed by atoms with van der Waals surface area (Å²) >= 11 is 0. The maximum atomic E-state index is 12.3. The lowest BCUT2D eigenvalue weighted by Gasteiger charge is -2.22. The van der Waals surface area contributed by atoms with Crippen LogP contribution in [0.4, 0.5) is 11.4 Å². The number of benzene rings is 1. The summed E-state index contributed by atoms with van der Waals surface area (Å²) in [4.78, 5) is 10.1. The topological polar surface area (TPSA) is 127 Å². The number of hydrogen-bond donors (Lipinski definition) is 3. The lowest BCUT2D eigenvalue weighted by Crippen LogP contribution is -2.36. The number of nitrogen functional groups attached to an aromatic ring is 1. The molecule has 0 saturated heterocycles. The molecule has 8 nitrogen and oxygen atoms in total. The Kier molecular flexibility index (Phi) is 4.76. The van der Waals surface area contributed by atoms with Crippen molar-refractivity contribution in [2.24, 2.45) is 5.84 Å². The average Bonchev–Trinajstić information content (AvgIpc) is 2.47. The second-order valence-corrected chi connectivity index (χ2v) is 6.75. The van der Waals surface area contributed by atoms with Crippen LogP contribution in [0.3, 0.4) is 0 Å². The average molecular weight is 314 g/mol. The van der Waals surface area contributed by atoms with E-state index in [4.69, 9.17) is 5.84 Å². The van der Waals surface area contributed by atoms with Gasteiger partial charge in [-0.25, -0.2) is 13.1 Å². The van der Waals surface area contributed by atoms with Gasteiger partial charge in [-0.05, 0) is 25.0 Å². The highest BCUT2D eigenvalue weighted by Gasteiger charge is 2.24. The quantitative estimate of drug-likeness (QED) is 0.429. The van der Waals surface area contributed by atoms with Gasteiger partial charge in [-0.15, -0.1) is 0 Å². The molecule has 0 radical (unpaired) electrons. The summed E-state index contributed by atoms with van der Waals surface area (Å²) in [5.41, 5.74) is 1.85. The molecule has 0 bridgehead atoms. The molecule has 1 saturated carbocycles. The van der Waals surface area contributed by atoms with E-state index in [0.29, 0.717) is 0 Å². The Labute approximate surface area is 122 Å². The first-order chi connectivity index (χ1) is 9.94. The van der Waals surface area contributed by atoms with E-state index in [1.54, 1.807) is 0 Å². The van der Waals surface area contributed by atoms with Gasteiger partial charge in [0.05, 0.1) is 9.82 Å². The molecule has 0 heterocycles. The molecule has 9 heteroatoms. The van der Waals surface area contributed by atoms with Crippen LogP contribution in [0.25, 0.3) is 0 Å². The van der Waals surface area contributed by atoms with E-state index in [2.05, 4.69) is 10.1 Å². The summed E-state index contributed by atoms with van der Waals surface area (Å²) in [5.74, 6) is 5.22. The Bertz CT molecular complexity index is 626. The Morgan fingerprint density at radius 1 is 1.24 bits per heavy atom. The van der Waals surface area contributed by atoms with Gasteiger partial charge in [0.2, 0.25) is 10.0 Å². The molecule has 0 atom stereocenters. The molecule has 1 fully saturated rings. The van der Waals surface area contributed by atoms with Crippen LogP contribution in [0.15, 0.2) is 23.1 Å². The van der Waals surface area contributed by atoms with Crippen molar-refractivity contribution in [1.82, 2.24) is 4.72 Å². The zero-order valence-electron chi connectivity index (χ0n) is 11.4. The lowest BCUT2D eigenvalue weighted by molar-refractivity contribution is -0.384. The molecule has 0 spiro atoms. The first kappa shape index (κ1) is 15.7. The molecule has 0 amide bonds. The molecule has 21 heavy (non-hydrogen) atoms. The molecular formula is C12H18N4O4S. The molecule has 1 aromatic carbocycles. The van der Waals surface area contributed by atoms with Gasteiger partial charge in [-0.2, -0.15) is 0 Å². The van der Waals surface area contributed by atoms with Crippen LogP contribution in [-0.4, -0.2) is 19.4 Å². The zero-order valence-corrected chi connectivity index (χ0v) is 12.2. The van der Waals surface area contributed by atoms with Gasteiger partial charge in [0, 0.05) is 12.1 Å². The number of rotatable bonds is 5. The monoisotopic (exact) mass is 314 g/mol. The zero-order chi connectivity index (χ0) is 15.5. The van der Waals surface area contributed by atoms with Crippen molar-refractivity contribution < 1.29 is 13.3 Å². The molecule has 2 rings (SSSR count). The highest BCUT2D eigenvalue weighted by Crippen LogP contribution is 2.27. The molecule has 116 valence electrons. The van der Waals surface area contributed by atoms with Gasteiger partial charge >= 0.3 is 0 Å². The number of sulfonamides is 1. The van der Waals surface area contributed by atoms with E-state index >= 15 is 0 Å². The lowest BCUT2D eigenvalue weighted by atomic mass is 9.96. The van der Waals surface area contributed by atoms with Crippen molar-refractivity contribution in [3.8, 4) is 0 Å². The number of nitro groups is 1. The van der Waals surface area contributed by atoms with Crippen LogP contribution >= 0.6 is 0 Å². The van der Waals surface area contributed by atoms with E-state index in [1.807, 2.05) is 0 Å². The van der Waals surface area contributed by atoms with Crippen molar-refractivity contribution >= 4 is 21.4 Å². The third-order valence-electron chi connectivity index (χ3n) is 3.56. The number of hydrazine groups is 1. The predicted molar refractivity (Wildman–Crippen MR) is 78.1 cm³/mol. The van der Waals surface area contributed by atoms with E-state index in [-0.39, 0.29) is 22.3 Å². The largest absolute Gasteiger partial charge is 0.318 e. The Hall–Kier alpha value is -1.71. The summed E-state index contributed by atoms with van der Waals surface area (Å²) in [5, 5.41) is 10.8. The van der Waals surface area contributed by atoms with Gasteiger partial charge in [0.25, 0.3) is 5.69 Å². The standard InChI is InChI=1S/C12H18N4O4S/c13-14-11-8-10(6-7-12(11)16(17)18)21(19,20)15-9-4-2-1-3-5-9/h6-9,14-15H,1-5,13H2. The normalized spacial score (nSPS) is 16.6. The van der Waals surface area contributed by atoms with E-state index in [9.17, 15) is 18.5 Å². The van der Waals surface area contributed by atoms with Crippen molar-refractivity contribution in [3.63, 3.8) is 0 Å². The highest BCUT2D eigenvalue weighted by molar-refractivity contribution is 7.89. The second kappa shape index (κ2) is 6.37. The van der Waals surface area contributed by atoms with Crippen molar-refractivity contribution in [3.05, 3.63) is 28.3 Å². The molecule has 0 unspecified atom stereocenters. The Morgan fingerprint density at radius 2 is 1.90 bits per heavy atom. The summed E-state index contributed by atoms with van der Waals surface area (Å²) in [6.45, 7) is 0. The fraction of sp³-hybridized carbons (Fsp3) is 0.500. The molecule has 1 aliphatic rings. The smallest absolute Gasteiger partial charge is 0.293 e. The minimum atomic E-state index is -3.70. The Morgan fingerprint density at radius 3 is 2.48 bits per heavy atom. The number of nitrogens with one attached hydrogen (secondary N) is 2. The number of nitrogens with zero attached hydrogens (tertiary/aromatic N) is 1. The van der Waals surface area contributed by atoms with Crippen molar-refractivity contribution in [1.29, 1.82) is 0 Å². The summed E-state index contributed by atoms with van der Waals surface area (Å²) < 4.78 is 27.2. The third kappa shape index (κ3) is 3.69. The molecule has 1 aliphatic carbocycles. The molecular weight excluding hydrogens is 296 g/mol. The number of nitrogens with two attached hydrogens (primary N) is 1. The first-order valence-electron chi connectivity index (χ1n) is 6.71. The minimum absolute atomic E-state index is 0.0355. The fourth-order valence-electron chi connectivity index (χ4n) is 2.47. The summed E-state index contributed by atoms with van der Waals surface area (Å²) in [7, 11) is -3.70. The fourth-order valence-corrected chi connectivity index (χ4v) is 3.80. The van der Waals surface area contributed by atoms with Crippen molar-refractivity contribution in [2.75, 3.05) is 5.43 Å². The van der Waals surface area contributed by atoms with E-state index in [1.165, 1.54) is 12.1 Å². The van der Waals surface area contributed by atoms with Crippen LogP contribution in [0.1, 0.15) is 32.1 Å². The van der Waals surface area contributed by atoms with Gasteiger partial charge in [0.1, 0.15) is 5.69 Å². The molecule has 1 aromatic rings. The highest BCUT2D eigenvalue weighted by atomic mass is 32.2. The SMILES string of the molecule is NNc1cc(S(=O)(=O)NC2CCCCC2)ccc1[N+](=O)[O-]. The molecule has 4 N–H and O–H groups in total. The van der Waals surface area contributed by atoms with Crippen LogP contribution in [0.5, 0.6) is 0 Å². The molecule has 0 aliphatic heterocycles. The van der Waals surface area contributed by atoms with Crippen LogP contribution in [0.2, 0.25) is 0 Å². The van der Waals surface area contributed by atoms with Gasteiger partial charge in [-0.3, -0.25) is 16.0 Å². The van der Waals surface area contributed by atoms with E-state index < -0.39 is 14.9 Å². The second-order valence-electron chi connectivity index (χ2n) is 5.04. The van der Waals surface area contributed by atoms with Gasteiger partial charge < -0.3 is 5.43 Å². The number of anilines is 1. The number of hydrogen-bond acceptors (Lipinski definition) is 6. The van der Waals surface area contributed by atoms with Crippen LogP contribution in [-0.2, 0) is 10.0 Å². The predicted octanol–water partition coefficient (Wildman–Crippen LogP) is 1.49.